The second-order valence-corrected chi connectivity index (χ2v) is 6.04. The fourth-order valence-electron chi connectivity index (χ4n) is 1.70. The molecule has 0 bridgehead atoms. The Hall–Kier alpha value is 0.620. The van der Waals surface area contributed by atoms with Crippen molar-refractivity contribution in [2.24, 2.45) is 0 Å². The van der Waals surface area contributed by atoms with Crippen LogP contribution in [0.1, 0.15) is 18.9 Å². The molecule has 0 spiro atoms. The quantitative estimate of drug-likeness (QED) is 0.443. The number of ether oxygens (including phenoxy) is 1. The number of alkyl halides is 2. The van der Waals surface area contributed by atoms with Gasteiger partial charge in [-0.2, -0.15) is 0 Å². The van der Waals surface area contributed by atoms with Crippen LogP contribution in [0.15, 0.2) is 28.7 Å². The molecule has 0 radical (unpaired) electrons. The first-order valence-electron chi connectivity index (χ1n) is 5.64. The lowest BCUT2D eigenvalue weighted by molar-refractivity contribution is 0.131. The Morgan fingerprint density at radius 2 is 1.94 bits per heavy atom. The van der Waals surface area contributed by atoms with Gasteiger partial charge in [0.2, 0.25) is 0 Å². The molecule has 0 aliphatic carbocycles. The molecule has 4 heteroatoms. The summed E-state index contributed by atoms with van der Waals surface area (Å²) in [7, 11) is 0. The van der Waals surface area contributed by atoms with Gasteiger partial charge in [-0.1, -0.05) is 59.9 Å². The van der Waals surface area contributed by atoms with Crippen molar-refractivity contribution in [2.75, 3.05) is 23.9 Å². The average Bonchev–Trinajstić information content (AvgIpc) is 2.35. The summed E-state index contributed by atoms with van der Waals surface area (Å²) >= 11 is 10.8. The number of rotatable bonds is 7. The number of benzene rings is 1. The third-order valence-electron chi connectivity index (χ3n) is 2.88. The van der Waals surface area contributed by atoms with Crippen molar-refractivity contribution in [1.82, 2.24) is 0 Å². The highest BCUT2D eigenvalue weighted by molar-refractivity contribution is 9.10. The van der Waals surface area contributed by atoms with Gasteiger partial charge in [0, 0.05) is 33.8 Å². The Kier molecular flexibility index (Phi) is 7.31. The summed E-state index contributed by atoms with van der Waals surface area (Å²) < 4.78 is 6.61. The molecule has 0 aliphatic rings. The number of hydrogen-bond acceptors (Lipinski definition) is 1. The predicted octanol–water partition coefficient (Wildman–Crippen LogP) is 4.90. The monoisotopic (exact) mass is 426 g/mol. The zero-order chi connectivity index (χ0) is 12.7. The largest absolute Gasteiger partial charge is 0.382 e. The summed E-state index contributed by atoms with van der Waals surface area (Å²) in [5.74, 6) is 0. The van der Waals surface area contributed by atoms with E-state index in [0.717, 1.165) is 34.8 Å². The molecule has 0 saturated carbocycles. The van der Waals surface area contributed by atoms with E-state index in [1.54, 1.807) is 0 Å². The van der Waals surface area contributed by atoms with Crippen LogP contribution in [-0.2, 0) is 10.2 Å². The van der Waals surface area contributed by atoms with E-state index in [1.165, 1.54) is 5.56 Å². The molecule has 0 aliphatic heterocycles. The lowest BCUT2D eigenvalue weighted by atomic mass is 9.82. The van der Waals surface area contributed by atoms with Crippen LogP contribution in [0, 0.1) is 0 Å². The topological polar surface area (TPSA) is 9.23 Å². The summed E-state index contributed by atoms with van der Waals surface area (Å²) in [5, 5.41) is 1.85. The molecule has 0 aromatic heterocycles. The van der Waals surface area contributed by atoms with Crippen molar-refractivity contribution in [3.8, 4) is 0 Å². The summed E-state index contributed by atoms with van der Waals surface area (Å²) in [6.45, 7) is 3.60. The highest BCUT2D eigenvalue weighted by Crippen LogP contribution is 2.33. The zero-order valence-electron chi connectivity index (χ0n) is 9.89. The van der Waals surface area contributed by atoms with Crippen LogP contribution in [0.25, 0.3) is 0 Å². The van der Waals surface area contributed by atoms with Crippen LogP contribution in [0.4, 0.5) is 0 Å². The van der Waals surface area contributed by atoms with Crippen molar-refractivity contribution in [3.05, 3.63) is 34.3 Å². The van der Waals surface area contributed by atoms with Crippen LogP contribution >= 0.6 is 47.8 Å². The van der Waals surface area contributed by atoms with Gasteiger partial charge in [0.15, 0.2) is 0 Å². The van der Waals surface area contributed by atoms with E-state index >= 15 is 0 Å². The minimum Gasteiger partial charge on any atom is -0.382 e. The van der Waals surface area contributed by atoms with Gasteiger partial charge in [-0.15, -0.1) is 0 Å². The van der Waals surface area contributed by atoms with Crippen molar-refractivity contribution in [2.45, 2.75) is 18.8 Å². The Balaban J connectivity index is 2.89. The van der Waals surface area contributed by atoms with E-state index in [1.807, 2.05) is 6.92 Å². The van der Waals surface area contributed by atoms with Gasteiger partial charge in [0.1, 0.15) is 0 Å². The van der Waals surface area contributed by atoms with Crippen molar-refractivity contribution < 1.29 is 4.74 Å². The first kappa shape index (κ1) is 15.7. The summed E-state index contributed by atoms with van der Waals surface area (Å²) in [5.41, 5.74) is 1.43. The van der Waals surface area contributed by atoms with Crippen LogP contribution < -0.4 is 0 Å². The fourth-order valence-corrected chi connectivity index (χ4v) is 4.23. The Labute approximate surface area is 129 Å². The molecule has 96 valence electrons. The molecule has 0 atom stereocenters. The lowest BCUT2D eigenvalue weighted by Gasteiger charge is -2.30. The van der Waals surface area contributed by atoms with Gasteiger partial charge in [-0.25, -0.2) is 0 Å². The van der Waals surface area contributed by atoms with Crippen LogP contribution in [0.2, 0.25) is 0 Å². The Morgan fingerprint density at radius 3 is 2.47 bits per heavy atom. The molecule has 0 heterocycles. The third kappa shape index (κ3) is 4.34. The molecule has 0 amide bonds. The Morgan fingerprint density at radius 1 is 1.24 bits per heavy atom. The van der Waals surface area contributed by atoms with E-state index in [-0.39, 0.29) is 5.41 Å². The first-order chi connectivity index (χ1) is 8.18. The van der Waals surface area contributed by atoms with E-state index in [4.69, 9.17) is 4.74 Å². The van der Waals surface area contributed by atoms with Crippen LogP contribution in [0.5, 0.6) is 0 Å². The van der Waals surface area contributed by atoms with E-state index in [2.05, 4.69) is 72.1 Å². The number of halogens is 3. The number of hydrogen-bond donors (Lipinski definition) is 0. The van der Waals surface area contributed by atoms with E-state index in [9.17, 15) is 0 Å². The SMILES string of the molecule is CCOCCC(CBr)(CBr)c1cccc(Br)c1. The molecular weight excluding hydrogens is 412 g/mol. The smallest absolute Gasteiger partial charge is 0.0474 e. The molecule has 1 nitrogen and oxygen atoms in total. The standard InChI is InChI=1S/C13H17Br3O/c1-2-17-7-6-13(9-14,10-15)11-4-3-5-12(16)8-11/h3-5,8H,2,6-7,9-10H2,1H3. The van der Waals surface area contributed by atoms with Crippen LogP contribution in [0.3, 0.4) is 0 Å². The third-order valence-corrected chi connectivity index (χ3v) is 5.52. The molecular formula is C13H17Br3O. The first-order valence-corrected chi connectivity index (χ1v) is 8.68. The van der Waals surface area contributed by atoms with Gasteiger partial charge in [0.25, 0.3) is 0 Å². The van der Waals surface area contributed by atoms with Gasteiger partial charge in [-0.05, 0) is 31.0 Å². The highest BCUT2D eigenvalue weighted by Gasteiger charge is 2.29. The Bertz CT molecular complexity index is 337. The van der Waals surface area contributed by atoms with Gasteiger partial charge >= 0.3 is 0 Å². The van der Waals surface area contributed by atoms with E-state index < -0.39 is 0 Å². The van der Waals surface area contributed by atoms with Gasteiger partial charge in [0.05, 0.1) is 0 Å². The van der Waals surface area contributed by atoms with Crippen molar-refractivity contribution in [1.29, 1.82) is 0 Å². The molecule has 1 aromatic carbocycles. The summed E-state index contributed by atoms with van der Waals surface area (Å²) in [4.78, 5) is 0. The maximum absolute atomic E-state index is 5.49. The maximum Gasteiger partial charge on any atom is 0.0474 e. The molecule has 1 aromatic rings. The van der Waals surface area contributed by atoms with Crippen LogP contribution in [-0.4, -0.2) is 23.9 Å². The summed E-state index contributed by atoms with van der Waals surface area (Å²) in [6, 6.07) is 8.51. The highest BCUT2D eigenvalue weighted by atomic mass is 79.9. The predicted molar refractivity (Wildman–Crippen MR) is 84.5 cm³/mol. The second kappa shape index (κ2) is 7.93. The van der Waals surface area contributed by atoms with Crippen molar-refractivity contribution in [3.63, 3.8) is 0 Å². The zero-order valence-corrected chi connectivity index (χ0v) is 14.6. The minimum atomic E-state index is 0.0962. The molecule has 17 heavy (non-hydrogen) atoms. The molecule has 0 saturated heterocycles. The molecule has 1 rings (SSSR count). The maximum atomic E-state index is 5.49. The van der Waals surface area contributed by atoms with Gasteiger partial charge in [-0.3, -0.25) is 0 Å². The van der Waals surface area contributed by atoms with E-state index in [0.29, 0.717) is 0 Å². The normalized spacial score (nSPS) is 11.8. The minimum absolute atomic E-state index is 0.0962. The van der Waals surface area contributed by atoms with Gasteiger partial charge < -0.3 is 4.74 Å². The fraction of sp³-hybridized carbons (Fsp3) is 0.538. The molecule has 0 unspecified atom stereocenters. The second-order valence-electron chi connectivity index (χ2n) is 4.00. The lowest BCUT2D eigenvalue weighted by Crippen LogP contribution is -2.31. The average molecular weight is 429 g/mol. The van der Waals surface area contributed by atoms with Crippen molar-refractivity contribution >= 4 is 47.8 Å². The molecule has 0 fully saturated rings. The molecule has 0 N–H and O–H groups in total. The summed E-state index contributed by atoms with van der Waals surface area (Å²) in [6.07, 6.45) is 1.01.